The Balaban J connectivity index is 2.28. The zero-order valence-corrected chi connectivity index (χ0v) is 7.87. The third-order valence-corrected chi connectivity index (χ3v) is 1.84. The van der Waals surface area contributed by atoms with Crippen LogP contribution in [0.15, 0.2) is 28.9 Å². The van der Waals surface area contributed by atoms with Gasteiger partial charge in [-0.2, -0.15) is 4.98 Å². The Morgan fingerprint density at radius 2 is 2.33 bits per heavy atom. The van der Waals surface area contributed by atoms with Crippen LogP contribution < -0.4 is 5.73 Å². The standard InChI is InChI=1S/C9H10N4O2/c10-5-7(14)9-12-8(13-15-9)6-3-1-2-4-11-6/h1-4,7,14H,5,10H2/t7-/m0/s1. The molecule has 2 rings (SSSR count). The van der Waals surface area contributed by atoms with Gasteiger partial charge < -0.3 is 15.4 Å². The molecule has 3 N–H and O–H groups in total. The van der Waals surface area contributed by atoms with Crippen LogP contribution in [-0.2, 0) is 0 Å². The molecule has 2 aromatic rings. The fourth-order valence-corrected chi connectivity index (χ4v) is 1.07. The van der Waals surface area contributed by atoms with Gasteiger partial charge in [-0.25, -0.2) is 0 Å². The average molecular weight is 206 g/mol. The molecule has 0 fully saturated rings. The van der Waals surface area contributed by atoms with E-state index in [1.54, 1.807) is 18.3 Å². The number of aliphatic hydroxyl groups excluding tert-OH is 1. The largest absolute Gasteiger partial charge is 0.382 e. The topological polar surface area (TPSA) is 98.1 Å². The van der Waals surface area contributed by atoms with Crippen molar-refractivity contribution in [1.29, 1.82) is 0 Å². The van der Waals surface area contributed by atoms with Crippen molar-refractivity contribution in [3.8, 4) is 11.5 Å². The van der Waals surface area contributed by atoms with Gasteiger partial charge in [-0.1, -0.05) is 11.2 Å². The molecule has 0 aliphatic carbocycles. The lowest BCUT2D eigenvalue weighted by atomic mass is 10.3. The molecule has 0 unspecified atom stereocenters. The molecule has 78 valence electrons. The quantitative estimate of drug-likeness (QED) is 0.740. The highest BCUT2D eigenvalue weighted by atomic mass is 16.5. The van der Waals surface area contributed by atoms with Crippen molar-refractivity contribution in [2.75, 3.05) is 6.54 Å². The predicted molar refractivity (Wildman–Crippen MR) is 51.5 cm³/mol. The number of pyridine rings is 1. The van der Waals surface area contributed by atoms with Crippen LogP contribution in [0.25, 0.3) is 11.5 Å². The third kappa shape index (κ3) is 2.00. The number of hydrogen-bond donors (Lipinski definition) is 2. The summed E-state index contributed by atoms with van der Waals surface area (Å²) >= 11 is 0. The van der Waals surface area contributed by atoms with E-state index in [1.165, 1.54) is 0 Å². The van der Waals surface area contributed by atoms with Crippen LogP contribution in [0.4, 0.5) is 0 Å². The minimum absolute atomic E-state index is 0.0455. The van der Waals surface area contributed by atoms with E-state index in [0.29, 0.717) is 11.5 Å². The Hall–Kier alpha value is -1.79. The Labute approximate surface area is 85.8 Å². The zero-order chi connectivity index (χ0) is 10.7. The Bertz CT molecular complexity index is 429. The molecule has 1 atom stereocenters. The summed E-state index contributed by atoms with van der Waals surface area (Å²) in [6.45, 7) is 0.0455. The van der Waals surface area contributed by atoms with Crippen molar-refractivity contribution in [1.82, 2.24) is 15.1 Å². The molecule has 0 aliphatic rings. The Morgan fingerprint density at radius 3 is 3.00 bits per heavy atom. The van der Waals surface area contributed by atoms with E-state index in [2.05, 4.69) is 15.1 Å². The second-order valence-electron chi connectivity index (χ2n) is 2.92. The van der Waals surface area contributed by atoms with Gasteiger partial charge >= 0.3 is 0 Å². The normalized spacial score (nSPS) is 12.7. The van der Waals surface area contributed by atoms with Gasteiger partial charge in [0.2, 0.25) is 5.82 Å². The van der Waals surface area contributed by atoms with Gasteiger partial charge in [0.1, 0.15) is 11.8 Å². The van der Waals surface area contributed by atoms with Crippen LogP contribution in [0.1, 0.15) is 12.0 Å². The molecule has 0 aromatic carbocycles. The van der Waals surface area contributed by atoms with Crippen molar-refractivity contribution in [3.05, 3.63) is 30.3 Å². The molecule has 0 radical (unpaired) electrons. The van der Waals surface area contributed by atoms with Crippen molar-refractivity contribution in [3.63, 3.8) is 0 Å². The lowest BCUT2D eigenvalue weighted by molar-refractivity contribution is 0.141. The SMILES string of the molecule is NC[C@H](O)c1nc(-c2ccccn2)no1. The predicted octanol–water partition coefficient (Wildman–Crippen LogP) is 0.124. The molecule has 0 saturated carbocycles. The summed E-state index contributed by atoms with van der Waals surface area (Å²) in [6, 6.07) is 5.36. The van der Waals surface area contributed by atoms with E-state index in [1.807, 2.05) is 6.07 Å². The number of aliphatic hydroxyl groups is 1. The summed E-state index contributed by atoms with van der Waals surface area (Å²) in [5.74, 6) is 0.455. The van der Waals surface area contributed by atoms with E-state index in [-0.39, 0.29) is 12.4 Å². The lowest BCUT2D eigenvalue weighted by Gasteiger charge is -1.97. The van der Waals surface area contributed by atoms with Crippen molar-refractivity contribution in [2.24, 2.45) is 5.73 Å². The van der Waals surface area contributed by atoms with Crippen LogP contribution in [0.5, 0.6) is 0 Å². The van der Waals surface area contributed by atoms with Crippen LogP contribution in [0, 0.1) is 0 Å². The molecule has 6 heteroatoms. The number of hydrogen-bond acceptors (Lipinski definition) is 6. The van der Waals surface area contributed by atoms with E-state index in [0.717, 1.165) is 0 Å². The van der Waals surface area contributed by atoms with Crippen LogP contribution in [0.3, 0.4) is 0 Å². The van der Waals surface area contributed by atoms with Gasteiger partial charge in [0, 0.05) is 12.7 Å². The number of nitrogens with two attached hydrogens (primary N) is 1. The molecule has 6 nitrogen and oxygen atoms in total. The number of nitrogens with zero attached hydrogens (tertiary/aromatic N) is 3. The Morgan fingerprint density at radius 1 is 1.47 bits per heavy atom. The van der Waals surface area contributed by atoms with E-state index in [9.17, 15) is 5.11 Å². The summed E-state index contributed by atoms with van der Waals surface area (Å²) in [4.78, 5) is 8.03. The van der Waals surface area contributed by atoms with Crippen LogP contribution in [0.2, 0.25) is 0 Å². The zero-order valence-electron chi connectivity index (χ0n) is 7.87. The highest BCUT2D eigenvalue weighted by Gasteiger charge is 2.15. The number of aromatic nitrogens is 3. The lowest BCUT2D eigenvalue weighted by Crippen LogP contribution is -2.11. The van der Waals surface area contributed by atoms with Crippen molar-refractivity contribution >= 4 is 0 Å². The molecular formula is C9H10N4O2. The van der Waals surface area contributed by atoms with E-state index < -0.39 is 6.10 Å². The van der Waals surface area contributed by atoms with E-state index in [4.69, 9.17) is 10.3 Å². The minimum Gasteiger partial charge on any atom is -0.382 e. The molecule has 15 heavy (non-hydrogen) atoms. The molecule has 0 spiro atoms. The molecule has 0 aliphatic heterocycles. The second-order valence-corrected chi connectivity index (χ2v) is 2.92. The second kappa shape index (κ2) is 4.16. The molecule has 2 aromatic heterocycles. The maximum atomic E-state index is 9.35. The summed E-state index contributed by atoms with van der Waals surface area (Å²) < 4.78 is 4.84. The van der Waals surface area contributed by atoms with E-state index >= 15 is 0 Å². The average Bonchev–Trinajstić information content (AvgIpc) is 2.78. The summed E-state index contributed by atoms with van der Waals surface area (Å²) in [5, 5.41) is 13.0. The van der Waals surface area contributed by atoms with Gasteiger partial charge in [-0.3, -0.25) is 4.98 Å². The monoisotopic (exact) mass is 206 g/mol. The number of rotatable bonds is 3. The fourth-order valence-electron chi connectivity index (χ4n) is 1.07. The summed E-state index contributed by atoms with van der Waals surface area (Å²) in [7, 11) is 0. The fraction of sp³-hybridized carbons (Fsp3) is 0.222. The van der Waals surface area contributed by atoms with Crippen molar-refractivity contribution in [2.45, 2.75) is 6.10 Å². The van der Waals surface area contributed by atoms with Gasteiger partial charge in [0.15, 0.2) is 0 Å². The van der Waals surface area contributed by atoms with Crippen LogP contribution in [-0.4, -0.2) is 26.8 Å². The third-order valence-electron chi connectivity index (χ3n) is 1.84. The first-order chi connectivity index (χ1) is 7.31. The molecule has 0 saturated heterocycles. The summed E-state index contributed by atoms with van der Waals surface area (Å²) in [6.07, 6.45) is 0.708. The molecule has 0 amide bonds. The smallest absolute Gasteiger partial charge is 0.257 e. The van der Waals surface area contributed by atoms with Crippen LogP contribution >= 0.6 is 0 Å². The first-order valence-electron chi connectivity index (χ1n) is 4.44. The van der Waals surface area contributed by atoms with Gasteiger partial charge in [-0.05, 0) is 12.1 Å². The molecule has 2 heterocycles. The highest BCUT2D eigenvalue weighted by molar-refractivity contribution is 5.47. The minimum atomic E-state index is -0.921. The Kier molecular flexibility index (Phi) is 2.70. The summed E-state index contributed by atoms with van der Waals surface area (Å²) in [5.41, 5.74) is 5.85. The van der Waals surface area contributed by atoms with Gasteiger partial charge in [0.05, 0.1) is 0 Å². The first kappa shape index (κ1) is 9.75. The maximum absolute atomic E-state index is 9.35. The maximum Gasteiger partial charge on any atom is 0.257 e. The van der Waals surface area contributed by atoms with Crippen molar-refractivity contribution < 1.29 is 9.63 Å². The molecular weight excluding hydrogens is 196 g/mol. The van der Waals surface area contributed by atoms with Gasteiger partial charge in [0.25, 0.3) is 5.89 Å². The first-order valence-corrected chi connectivity index (χ1v) is 4.44. The molecule has 0 bridgehead atoms. The highest BCUT2D eigenvalue weighted by Crippen LogP contribution is 2.15. The van der Waals surface area contributed by atoms with Gasteiger partial charge in [-0.15, -0.1) is 0 Å².